The predicted octanol–water partition coefficient (Wildman–Crippen LogP) is 7.76. The van der Waals surface area contributed by atoms with E-state index in [0.717, 1.165) is 68.0 Å². The monoisotopic (exact) mass is 923 g/mol. The molecule has 0 heterocycles. The molecule has 0 spiro atoms. The SMILES string of the molecule is CCCCCCCCCCCCCCCC(=O)N(C(=O)CCCCCCCCCCCCCCC)C(CSCC(O)CO)C(=O)O.NC(CO)C(=O)O.NCCCCC(N)C(=O)O. The van der Waals surface area contributed by atoms with Gasteiger partial charge in [-0.1, -0.05) is 174 Å². The standard InChI is InChI=1S/C38H73NO6S.C6H14N2O2.C3H7NO3/c1-3-5-7-9-11-13-15-17-19-21-23-25-27-29-36(42)39(35(38(44)45)33-46-32-34(41)31-40)37(43)30-28-26-24-22-20-18-16-14-12-10-8-6-4-2;7-4-2-1-3-5(8)6(9)10;4-2(1-5)3(6)7/h34-35,40-41H,3-33H2,1-2H3,(H,44,45);5H,1-4,7-8H2,(H,9,10);2,5H,1,4H2,(H,6,7). The zero-order valence-electron chi connectivity index (χ0n) is 39.6. The molecule has 0 aliphatic carbocycles. The van der Waals surface area contributed by atoms with Crippen molar-refractivity contribution in [2.75, 3.05) is 31.3 Å². The molecule has 0 fully saturated rings. The second kappa shape index (κ2) is 49.1. The smallest absolute Gasteiger partial charge is 0.327 e. The van der Waals surface area contributed by atoms with Crippen LogP contribution in [0.4, 0.5) is 0 Å². The molecule has 0 radical (unpaired) electrons. The van der Waals surface area contributed by atoms with Crippen molar-refractivity contribution in [3.05, 3.63) is 0 Å². The largest absolute Gasteiger partial charge is 0.480 e. The number of rotatable bonds is 42. The molecule has 0 rings (SSSR count). The second-order valence-corrected chi connectivity index (χ2v) is 17.8. The Hall–Kier alpha value is -2.34. The second-order valence-electron chi connectivity index (χ2n) is 16.7. The fourth-order valence-electron chi connectivity index (χ4n) is 6.65. The van der Waals surface area contributed by atoms with Gasteiger partial charge in [0.2, 0.25) is 11.8 Å². The molecule has 2 amide bonds. The number of aliphatic hydroxyl groups excluding tert-OH is 3. The van der Waals surface area contributed by atoms with Crippen molar-refractivity contribution in [3.8, 4) is 0 Å². The van der Waals surface area contributed by atoms with Crippen molar-refractivity contribution < 1.29 is 54.6 Å². The van der Waals surface area contributed by atoms with E-state index in [1.165, 1.54) is 116 Å². The number of hydrogen-bond acceptors (Lipinski definition) is 12. The van der Waals surface area contributed by atoms with Crippen LogP contribution < -0.4 is 17.2 Å². The Morgan fingerprint density at radius 1 is 0.476 bits per heavy atom. The number of imide groups is 1. The Morgan fingerprint density at radius 3 is 1.10 bits per heavy atom. The first-order chi connectivity index (χ1) is 30.2. The summed E-state index contributed by atoms with van der Waals surface area (Å²) in [4.78, 5) is 59.5. The summed E-state index contributed by atoms with van der Waals surface area (Å²) in [5.41, 5.74) is 15.2. The van der Waals surface area contributed by atoms with E-state index in [0.29, 0.717) is 25.8 Å². The molecule has 4 unspecified atom stereocenters. The Labute approximate surface area is 385 Å². The number of carbonyl (C=O) groups is 5. The maximum atomic E-state index is 13.3. The van der Waals surface area contributed by atoms with Gasteiger partial charge in [-0.15, -0.1) is 0 Å². The predicted molar refractivity (Wildman–Crippen MR) is 256 cm³/mol. The molecule has 0 saturated carbocycles. The van der Waals surface area contributed by atoms with Crippen LogP contribution in [0.25, 0.3) is 0 Å². The molecule has 0 saturated heterocycles. The highest BCUT2D eigenvalue weighted by Crippen LogP contribution is 2.19. The van der Waals surface area contributed by atoms with Gasteiger partial charge < -0.3 is 47.8 Å². The van der Waals surface area contributed by atoms with Gasteiger partial charge in [-0.3, -0.25) is 24.1 Å². The maximum absolute atomic E-state index is 13.3. The number of amides is 2. The first-order valence-corrected chi connectivity index (χ1v) is 25.6. The summed E-state index contributed by atoms with van der Waals surface area (Å²) in [6, 6.07) is -3.11. The number of carbonyl (C=O) groups excluding carboxylic acids is 2. The van der Waals surface area contributed by atoms with Crippen LogP contribution in [0, 0.1) is 0 Å². The Balaban J connectivity index is -0.00000175. The average Bonchev–Trinajstić information content (AvgIpc) is 3.26. The van der Waals surface area contributed by atoms with Crippen molar-refractivity contribution in [1.29, 1.82) is 0 Å². The zero-order valence-corrected chi connectivity index (χ0v) is 40.4. The molecule has 0 bridgehead atoms. The molecule has 0 aliphatic heterocycles. The van der Waals surface area contributed by atoms with Gasteiger partial charge in [0.1, 0.15) is 18.1 Å². The molecule has 0 aliphatic rings. The topological polar surface area (TPSA) is 288 Å². The number of nitrogens with zero attached hydrogens (tertiary/aromatic N) is 1. The van der Waals surface area contributed by atoms with E-state index in [-0.39, 0.29) is 24.3 Å². The van der Waals surface area contributed by atoms with E-state index in [2.05, 4.69) is 13.8 Å². The van der Waals surface area contributed by atoms with Crippen LogP contribution in [0.1, 0.15) is 213 Å². The summed E-state index contributed by atoms with van der Waals surface area (Å²) in [5, 5.41) is 53.0. The van der Waals surface area contributed by atoms with Gasteiger partial charge in [0.25, 0.3) is 0 Å². The Morgan fingerprint density at radius 2 is 0.825 bits per heavy atom. The molecule has 63 heavy (non-hydrogen) atoms. The van der Waals surface area contributed by atoms with E-state index in [9.17, 15) is 34.2 Å². The minimum atomic E-state index is -1.26. The van der Waals surface area contributed by atoms with Gasteiger partial charge in [-0.05, 0) is 32.2 Å². The van der Waals surface area contributed by atoms with Crippen LogP contribution in [0.15, 0.2) is 0 Å². The molecule has 4 atom stereocenters. The minimum Gasteiger partial charge on any atom is -0.480 e. The molecule has 12 N–H and O–H groups in total. The molecule has 16 heteroatoms. The van der Waals surface area contributed by atoms with Gasteiger partial charge >= 0.3 is 17.9 Å². The fourth-order valence-corrected chi connectivity index (χ4v) is 7.68. The van der Waals surface area contributed by atoms with Crippen molar-refractivity contribution in [1.82, 2.24) is 4.90 Å². The first kappa shape index (κ1) is 64.9. The van der Waals surface area contributed by atoms with E-state index >= 15 is 0 Å². The van der Waals surface area contributed by atoms with Crippen LogP contribution in [-0.2, 0) is 24.0 Å². The van der Waals surface area contributed by atoms with Gasteiger partial charge in [-0.25, -0.2) is 4.79 Å². The summed E-state index contributed by atoms with van der Waals surface area (Å²) in [6.07, 6.45) is 32.6. The number of nitrogens with two attached hydrogens (primary N) is 3. The summed E-state index contributed by atoms with van der Waals surface area (Å²) < 4.78 is 0. The van der Waals surface area contributed by atoms with Gasteiger partial charge in [-0.2, -0.15) is 11.8 Å². The fraction of sp³-hybridized carbons (Fsp3) is 0.894. The lowest BCUT2D eigenvalue weighted by Crippen LogP contribution is -2.50. The lowest BCUT2D eigenvalue weighted by molar-refractivity contribution is -0.157. The van der Waals surface area contributed by atoms with Gasteiger partial charge in [0.15, 0.2) is 0 Å². The van der Waals surface area contributed by atoms with Crippen LogP contribution in [0.5, 0.6) is 0 Å². The number of carboxylic acid groups (broad SMARTS) is 3. The summed E-state index contributed by atoms with van der Waals surface area (Å²) in [7, 11) is 0. The normalized spacial score (nSPS) is 12.8. The average molecular weight is 923 g/mol. The summed E-state index contributed by atoms with van der Waals surface area (Å²) in [5.74, 6) is -3.98. The van der Waals surface area contributed by atoms with Gasteiger partial charge in [0, 0.05) is 24.3 Å². The molecular formula is C47H94N4O11S. The highest BCUT2D eigenvalue weighted by atomic mass is 32.2. The third-order valence-electron chi connectivity index (χ3n) is 10.7. The van der Waals surface area contributed by atoms with E-state index < -0.39 is 67.2 Å². The molecule has 0 aromatic carbocycles. The molecular weight excluding hydrogens is 829 g/mol. The quantitative estimate of drug-likeness (QED) is 0.0264. The molecule has 374 valence electrons. The van der Waals surface area contributed by atoms with Crippen molar-refractivity contribution in [2.45, 2.75) is 237 Å². The van der Waals surface area contributed by atoms with Crippen molar-refractivity contribution in [3.63, 3.8) is 0 Å². The number of unbranched alkanes of at least 4 members (excludes halogenated alkanes) is 25. The lowest BCUT2D eigenvalue weighted by Gasteiger charge is -2.27. The number of aliphatic hydroxyl groups is 3. The zero-order chi connectivity index (χ0) is 47.9. The number of carboxylic acids is 3. The van der Waals surface area contributed by atoms with Crippen molar-refractivity contribution >= 4 is 41.5 Å². The summed E-state index contributed by atoms with van der Waals surface area (Å²) >= 11 is 1.14. The summed E-state index contributed by atoms with van der Waals surface area (Å²) in [6.45, 7) is 4.18. The Kier molecular flexibility index (Phi) is 50.6. The third kappa shape index (κ3) is 44.6. The van der Waals surface area contributed by atoms with E-state index in [1.54, 1.807) is 0 Å². The minimum absolute atomic E-state index is 0.00107. The lowest BCUT2D eigenvalue weighted by atomic mass is 10.0. The molecule has 15 nitrogen and oxygen atoms in total. The Bertz CT molecular complexity index is 1050. The van der Waals surface area contributed by atoms with Crippen LogP contribution >= 0.6 is 11.8 Å². The van der Waals surface area contributed by atoms with Crippen LogP contribution in [0.2, 0.25) is 0 Å². The van der Waals surface area contributed by atoms with E-state index in [1.807, 2.05) is 0 Å². The number of aliphatic carboxylic acids is 3. The third-order valence-corrected chi connectivity index (χ3v) is 11.9. The van der Waals surface area contributed by atoms with E-state index in [4.69, 9.17) is 37.6 Å². The number of hydrogen-bond donors (Lipinski definition) is 9. The van der Waals surface area contributed by atoms with Crippen molar-refractivity contribution in [2.24, 2.45) is 17.2 Å². The molecule has 0 aromatic rings. The highest BCUT2D eigenvalue weighted by molar-refractivity contribution is 7.99. The highest BCUT2D eigenvalue weighted by Gasteiger charge is 2.34. The maximum Gasteiger partial charge on any atom is 0.327 e. The molecule has 0 aromatic heterocycles. The van der Waals surface area contributed by atoms with Crippen LogP contribution in [0.3, 0.4) is 0 Å². The first-order valence-electron chi connectivity index (χ1n) is 24.5. The number of thioether (sulfide) groups is 1. The van der Waals surface area contributed by atoms with Crippen LogP contribution in [-0.4, -0.2) is 121 Å². The van der Waals surface area contributed by atoms with Gasteiger partial charge in [0.05, 0.1) is 19.3 Å².